The highest BCUT2D eigenvalue weighted by Crippen LogP contribution is 2.71. The number of fused-ring (bicyclic) bond motifs is 4. The Hall–Kier alpha value is -2.66. The Morgan fingerprint density at radius 1 is 1.00 bits per heavy atom. The molecule has 6 rings (SSSR count). The summed E-state index contributed by atoms with van der Waals surface area (Å²) in [5.74, 6) is 6.16. The average Bonchev–Trinajstić information content (AvgIpc) is 3.55. The van der Waals surface area contributed by atoms with Gasteiger partial charge in [-0.05, 0) is 99.5 Å². The predicted molar refractivity (Wildman–Crippen MR) is 192 cm³/mol. The van der Waals surface area contributed by atoms with Crippen LogP contribution in [0.1, 0.15) is 129 Å². The minimum atomic E-state index is -1.65. The number of aryl methyl sites for hydroxylation is 1. The van der Waals surface area contributed by atoms with Crippen molar-refractivity contribution in [3.8, 4) is 11.8 Å². The molecule has 0 saturated heterocycles. The Labute approximate surface area is 299 Å². The Kier molecular flexibility index (Phi) is 11.2. The van der Waals surface area contributed by atoms with Crippen molar-refractivity contribution < 1.29 is 34.4 Å². The van der Waals surface area contributed by atoms with Crippen molar-refractivity contribution in [1.29, 1.82) is 0 Å². The minimum Gasteiger partial charge on any atom is -0.462 e. The van der Waals surface area contributed by atoms with Crippen LogP contribution in [0.25, 0.3) is 0 Å². The lowest BCUT2D eigenvalue weighted by atomic mass is 9.35. The van der Waals surface area contributed by atoms with Gasteiger partial charge in [-0.2, -0.15) is 0 Å². The molecule has 3 saturated carbocycles. The third kappa shape index (κ3) is 6.82. The van der Waals surface area contributed by atoms with Crippen molar-refractivity contribution in [2.45, 2.75) is 154 Å². The maximum absolute atomic E-state index is 13.8. The van der Waals surface area contributed by atoms with Gasteiger partial charge in [0.2, 0.25) is 0 Å². The van der Waals surface area contributed by atoms with E-state index in [1.54, 1.807) is 0 Å². The Balaban J connectivity index is 1.41. The first kappa shape index (κ1) is 37.1. The molecule has 0 aromatic heterocycles. The van der Waals surface area contributed by atoms with Gasteiger partial charge in [0.05, 0.1) is 35.1 Å². The van der Waals surface area contributed by atoms with Crippen LogP contribution in [0, 0.1) is 45.8 Å². The van der Waals surface area contributed by atoms with Gasteiger partial charge in [0.15, 0.2) is 0 Å². The molecule has 2 bridgehead atoms. The molecule has 9 atom stereocenters. The van der Waals surface area contributed by atoms with Gasteiger partial charge in [0, 0.05) is 24.8 Å². The zero-order valence-corrected chi connectivity index (χ0v) is 30.6. The second-order valence-corrected chi connectivity index (χ2v) is 17.0. The number of aliphatic hydroxyl groups is 3. The summed E-state index contributed by atoms with van der Waals surface area (Å²) in [5.41, 5.74) is -2.41. The van der Waals surface area contributed by atoms with E-state index >= 15 is 0 Å². The zero-order valence-electron chi connectivity index (χ0n) is 30.6. The molecule has 7 heteroatoms. The van der Waals surface area contributed by atoms with Crippen LogP contribution in [0.15, 0.2) is 42.0 Å². The van der Waals surface area contributed by atoms with Crippen LogP contribution in [0.3, 0.4) is 0 Å². The zero-order chi connectivity index (χ0) is 35.6. The van der Waals surface area contributed by atoms with E-state index < -0.39 is 40.7 Å². The van der Waals surface area contributed by atoms with Crippen molar-refractivity contribution >= 4 is 11.9 Å². The van der Waals surface area contributed by atoms with E-state index in [-0.39, 0.29) is 36.8 Å². The van der Waals surface area contributed by atoms with Gasteiger partial charge in [-0.1, -0.05) is 75.8 Å². The molecule has 0 spiro atoms. The lowest BCUT2D eigenvalue weighted by molar-refractivity contribution is -0.338. The number of rotatable bonds is 12. The van der Waals surface area contributed by atoms with Crippen LogP contribution in [0.2, 0.25) is 0 Å². The molecule has 7 nitrogen and oxygen atoms in total. The molecule has 2 heterocycles. The summed E-state index contributed by atoms with van der Waals surface area (Å²) in [6, 6.07) is 10.5. The number of cyclic esters (lactones) is 1. The molecule has 0 radical (unpaired) electrons. The van der Waals surface area contributed by atoms with Gasteiger partial charge in [0.25, 0.3) is 0 Å². The van der Waals surface area contributed by atoms with Crippen LogP contribution in [-0.4, -0.2) is 57.8 Å². The molecule has 0 amide bonds. The van der Waals surface area contributed by atoms with Crippen molar-refractivity contribution in [2.24, 2.45) is 34.0 Å². The van der Waals surface area contributed by atoms with Gasteiger partial charge >= 0.3 is 11.9 Å². The fourth-order valence-corrected chi connectivity index (χ4v) is 11.4. The fourth-order valence-electron chi connectivity index (χ4n) is 11.4. The molecule has 3 fully saturated rings. The van der Waals surface area contributed by atoms with Crippen LogP contribution in [-0.2, 0) is 25.5 Å². The quantitative estimate of drug-likeness (QED) is 0.157. The number of benzene rings is 1. The number of ether oxygens (including phenoxy) is 2. The molecular formula is C43H60O7. The normalized spacial score (nSPS) is 37.1. The molecule has 3 N–H and O–H groups in total. The third-order valence-electron chi connectivity index (χ3n) is 14.0. The summed E-state index contributed by atoms with van der Waals surface area (Å²) in [4.78, 5) is 25.5. The topological polar surface area (TPSA) is 113 Å². The minimum absolute atomic E-state index is 0.176. The predicted octanol–water partition coefficient (Wildman–Crippen LogP) is 7.24. The van der Waals surface area contributed by atoms with Gasteiger partial charge in [0.1, 0.15) is 12.7 Å². The summed E-state index contributed by atoms with van der Waals surface area (Å²) in [5, 5.41) is 39.3. The second kappa shape index (κ2) is 15.1. The molecule has 274 valence electrons. The first-order chi connectivity index (χ1) is 23.9. The first-order valence-electron chi connectivity index (χ1n) is 19.6. The van der Waals surface area contributed by atoms with Crippen LogP contribution < -0.4 is 0 Å². The van der Waals surface area contributed by atoms with Crippen LogP contribution in [0.5, 0.6) is 0 Å². The van der Waals surface area contributed by atoms with Crippen molar-refractivity contribution in [2.75, 3.05) is 6.61 Å². The molecule has 2 aliphatic heterocycles. The number of carbonyl (C=O) groups excluding carboxylic acids is 2. The van der Waals surface area contributed by atoms with E-state index in [1.807, 2.05) is 13.0 Å². The monoisotopic (exact) mass is 688 g/mol. The molecule has 3 aliphatic carbocycles. The summed E-state index contributed by atoms with van der Waals surface area (Å²) >= 11 is 0. The van der Waals surface area contributed by atoms with Gasteiger partial charge in [-0.25, -0.2) is 4.79 Å². The van der Waals surface area contributed by atoms with E-state index in [1.165, 1.54) is 18.1 Å². The number of aliphatic hydroxyl groups excluding tert-OH is 2. The smallest absolute Gasteiger partial charge is 0.331 e. The highest BCUT2D eigenvalue weighted by molar-refractivity contribution is 5.85. The standard InChI is InChI=1S/C43H60O7/c1-30(13-12-16-31-14-6-4-7-15-31)20-21-35(44)43-36(45)23-25-41(3,33-17-8-5-9-18-33)39(43)34-28-40(2,24-11-10-19-37(46)50-34)42(43,48)26-22-32-27-38(47)49-29-32/h4,6-7,14-15,27,30,33-36,39,44-45,48H,5,8-10,12-13,16-23,25-26,28-29H2,1-3H3. The van der Waals surface area contributed by atoms with Crippen LogP contribution in [0.4, 0.5) is 0 Å². The lowest BCUT2D eigenvalue weighted by Gasteiger charge is -2.72. The van der Waals surface area contributed by atoms with Gasteiger partial charge in [-0.15, -0.1) is 5.92 Å². The van der Waals surface area contributed by atoms with E-state index in [2.05, 4.69) is 50.0 Å². The van der Waals surface area contributed by atoms with Crippen LogP contribution >= 0.6 is 0 Å². The Morgan fingerprint density at radius 3 is 2.48 bits per heavy atom. The summed E-state index contributed by atoms with van der Waals surface area (Å²) < 4.78 is 11.7. The molecule has 50 heavy (non-hydrogen) atoms. The van der Waals surface area contributed by atoms with E-state index in [0.29, 0.717) is 43.9 Å². The van der Waals surface area contributed by atoms with E-state index in [4.69, 9.17) is 9.47 Å². The third-order valence-corrected chi connectivity index (χ3v) is 14.0. The Morgan fingerprint density at radius 2 is 1.76 bits per heavy atom. The maximum Gasteiger partial charge on any atom is 0.331 e. The number of hydrogen-bond donors (Lipinski definition) is 3. The van der Waals surface area contributed by atoms with Crippen molar-refractivity contribution in [3.05, 3.63) is 47.5 Å². The van der Waals surface area contributed by atoms with Crippen molar-refractivity contribution in [3.63, 3.8) is 0 Å². The second-order valence-electron chi connectivity index (χ2n) is 17.0. The van der Waals surface area contributed by atoms with Gasteiger partial charge < -0.3 is 24.8 Å². The largest absolute Gasteiger partial charge is 0.462 e. The average molecular weight is 689 g/mol. The fraction of sp³-hybridized carbons (Fsp3) is 0.721. The molecule has 9 unspecified atom stereocenters. The van der Waals surface area contributed by atoms with E-state index in [9.17, 15) is 24.9 Å². The lowest BCUT2D eigenvalue weighted by Crippen LogP contribution is -2.79. The number of carbonyl (C=O) groups is 2. The molecule has 1 aromatic carbocycles. The van der Waals surface area contributed by atoms with Gasteiger partial charge in [-0.3, -0.25) is 4.79 Å². The first-order valence-corrected chi connectivity index (χ1v) is 19.6. The summed E-state index contributed by atoms with van der Waals surface area (Å²) in [7, 11) is 0. The van der Waals surface area contributed by atoms with Crippen molar-refractivity contribution in [1.82, 2.24) is 0 Å². The highest BCUT2D eigenvalue weighted by Gasteiger charge is 2.77. The maximum atomic E-state index is 13.8. The SMILES string of the molecule is CC(CCCc1ccccc1)CCC(O)C12C(O)CCC(C)(C3CCCCC3)C1C1CC(C)(C#CCCC(=O)O1)C2(O)CCC1=CC(=O)OC1. The molecular weight excluding hydrogens is 628 g/mol. The number of esters is 2. The summed E-state index contributed by atoms with van der Waals surface area (Å²) in [6.07, 6.45) is 11.2. The molecule has 1 aromatic rings. The molecule has 5 aliphatic rings. The number of hydrogen-bond acceptors (Lipinski definition) is 7. The summed E-state index contributed by atoms with van der Waals surface area (Å²) in [6.45, 7) is 6.66. The Bertz CT molecular complexity index is 1450. The highest BCUT2D eigenvalue weighted by atomic mass is 16.5. The van der Waals surface area contributed by atoms with E-state index in [0.717, 1.165) is 63.4 Å².